The zero-order valence-electron chi connectivity index (χ0n) is 12.6. The molecule has 118 valence electrons. The molecule has 0 atom stereocenters. The number of rotatable bonds is 8. The van der Waals surface area contributed by atoms with Gasteiger partial charge in [0.2, 0.25) is 10.0 Å². The van der Waals surface area contributed by atoms with E-state index in [1.165, 1.54) is 0 Å². The van der Waals surface area contributed by atoms with E-state index in [9.17, 15) is 8.42 Å². The summed E-state index contributed by atoms with van der Waals surface area (Å²) in [6.07, 6.45) is 3.23. The van der Waals surface area contributed by atoms with E-state index in [0.29, 0.717) is 18.1 Å². The Labute approximate surface area is 132 Å². The summed E-state index contributed by atoms with van der Waals surface area (Å²) >= 11 is 6.11. The Morgan fingerprint density at radius 3 is 2.57 bits per heavy atom. The summed E-state index contributed by atoms with van der Waals surface area (Å²) in [7, 11) is -3.46. The molecule has 2 N–H and O–H groups in total. The number of hydrogen-bond acceptors (Lipinski definition) is 3. The van der Waals surface area contributed by atoms with Crippen molar-refractivity contribution in [3.63, 3.8) is 0 Å². The molecular formula is C15H23ClN2O2S. The largest absolute Gasteiger partial charge is 0.313 e. The molecule has 6 heteroatoms. The van der Waals surface area contributed by atoms with Gasteiger partial charge in [0.05, 0.1) is 4.90 Å². The predicted molar refractivity (Wildman–Crippen MR) is 86.0 cm³/mol. The van der Waals surface area contributed by atoms with Crippen molar-refractivity contribution in [3.8, 4) is 0 Å². The minimum Gasteiger partial charge on any atom is -0.313 e. The topological polar surface area (TPSA) is 58.2 Å². The van der Waals surface area contributed by atoms with Crippen LogP contribution in [0.5, 0.6) is 0 Å². The van der Waals surface area contributed by atoms with E-state index in [4.69, 9.17) is 11.6 Å². The highest BCUT2D eigenvalue weighted by molar-refractivity contribution is 7.89. The van der Waals surface area contributed by atoms with Crippen molar-refractivity contribution in [3.05, 3.63) is 28.8 Å². The van der Waals surface area contributed by atoms with Crippen LogP contribution in [0.15, 0.2) is 23.1 Å². The van der Waals surface area contributed by atoms with Gasteiger partial charge in [0.1, 0.15) is 0 Å². The average molecular weight is 331 g/mol. The maximum absolute atomic E-state index is 12.4. The van der Waals surface area contributed by atoms with E-state index in [2.05, 4.69) is 17.0 Å². The van der Waals surface area contributed by atoms with Gasteiger partial charge in [0.25, 0.3) is 0 Å². The molecular weight excluding hydrogens is 308 g/mol. The number of hydrogen-bond donors (Lipinski definition) is 2. The van der Waals surface area contributed by atoms with Crippen LogP contribution in [-0.2, 0) is 16.6 Å². The minimum absolute atomic E-state index is 0.187. The van der Waals surface area contributed by atoms with E-state index < -0.39 is 10.0 Å². The van der Waals surface area contributed by atoms with E-state index in [0.717, 1.165) is 31.4 Å². The van der Waals surface area contributed by atoms with Crippen LogP contribution in [-0.4, -0.2) is 21.5 Å². The van der Waals surface area contributed by atoms with Gasteiger partial charge in [0, 0.05) is 18.1 Å². The average Bonchev–Trinajstić information content (AvgIpc) is 3.25. The molecule has 1 aromatic rings. The van der Waals surface area contributed by atoms with Gasteiger partial charge in [-0.3, -0.25) is 0 Å². The van der Waals surface area contributed by atoms with Gasteiger partial charge in [0.15, 0.2) is 0 Å². The maximum Gasteiger partial charge on any atom is 0.240 e. The summed E-state index contributed by atoms with van der Waals surface area (Å²) < 4.78 is 27.5. The number of benzene rings is 1. The number of nitrogens with one attached hydrogen (secondary N) is 2. The van der Waals surface area contributed by atoms with Gasteiger partial charge >= 0.3 is 0 Å². The number of sulfonamides is 1. The van der Waals surface area contributed by atoms with Crippen LogP contribution in [0.4, 0.5) is 0 Å². The summed E-state index contributed by atoms with van der Waals surface area (Å²) in [5.74, 6) is 0. The smallest absolute Gasteiger partial charge is 0.240 e. The Kier molecular flexibility index (Phi) is 5.30. The third-order valence-electron chi connectivity index (χ3n) is 4.24. The molecule has 1 saturated carbocycles. The van der Waals surface area contributed by atoms with Crippen molar-refractivity contribution in [2.24, 2.45) is 5.41 Å². The Morgan fingerprint density at radius 2 is 2.00 bits per heavy atom. The zero-order valence-corrected chi connectivity index (χ0v) is 14.1. The summed E-state index contributed by atoms with van der Waals surface area (Å²) in [4.78, 5) is 0.284. The molecule has 0 heterocycles. The summed E-state index contributed by atoms with van der Waals surface area (Å²) in [5, 5.41) is 3.75. The molecule has 0 aliphatic heterocycles. The van der Waals surface area contributed by atoms with Gasteiger partial charge in [-0.1, -0.05) is 25.4 Å². The normalized spacial score (nSPS) is 16.9. The Morgan fingerprint density at radius 1 is 1.29 bits per heavy atom. The molecule has 21 heavy (non-hydrogen) atoms. The zero-order chi connectivity index (χ0) is 15.5. The van der Waals surface area contributed by atoms with Crippen LogP contribution in [0.3, 0.4) is 0 Å². The molecule has 0 unspecified atom stereocenters. The lowest BCUT2D eigenvalue weighted by atomic mass is 10.1. The Hall–Kier alpha value is -0.620. The maximum atomic E-state index is 12.4. The van der Waals surface area contributed by atoms with Crippen LogP contribution < -0.4 is 10.0 Å². The van der Waals surface area contributed by atoms with Gasteiger partial charge in [-0.05, 0) is 55.0 Å². The van der Waals surface area contributed by atoms with Gasteiger partial charge in [-0.25, -0.2) is 13.1 Å². The van der Waals surface area contributed by atoms with Crippen LogP contribution in [0, 0.1) is 5.41 Å². The molecule has 4 nitrogen and oxygen atoms in total. The van der Waals surface area contributed by atoms with Crippen LogP contribution in [0.25, 0.3) is 0 Å². The first kappa shape index (κ1) is 16.7. The second kappa shape index (κ2) is 6.65. The minimum atomic E-state index is -3.46. The number of halogens is 1. The molecule has 1 aromatic carbocycles. The molecule has 0 amide bonds. The molecule has 0 spiro atoms. The predicted octanol–water partition coefficient (Wildman–Crippen LogP) is 2.92. The molecule has 0 saturated heterocycles. The van der Waals surface area contributed by atoms with Gasteiger partial charge < -0.3 is 5.32 Å². The van der Waals surface area contributed by atoms with Crippen molar-refractivity contribution >= 4 is 21.6 Å². The first-order valence-electron chi connectivity index (χ1n) is 7.41. The van der Waals surface area contributed by atoms with E-state index in [1.807, 2.05) is 6.92 Å². The van der Waals surface area contributed by atoms with E-state index >= 15 is 0 Å². The second-order valence-electron chi connectivity index (χ2n) is 5.71. The molecule has 1 aliphatic carbocycles. The lowest BCUT2D eigenvalue weighted by Crippen LogP contribution is -2.30. The first-order valence-corrected chi connectivity index (χ1v) is 9.27. The Bertz CT molecular complexity index is 598. The van der Waals surface area contributed by atoms with E-state index in [1.54, 1.807) is 18.2 Å². The fourth-order valence-corrected chi connectivity index (χ4v) is 3.67. The lowest BCUT2D eigenvalue weighted by Gasteiger charge is -2.14. The van der Waals surface area contributed by atoms with Crippen LogP contribution >= 0.6 is 11.6 Å². The lowest BCUT2D eigenvalue weighted by molar-refractivity contribution is 0.475. The monoisotopic (exact) mass is 330 g/mol. The van der Waals surface area contributed by atoms with Gasteiger partial charge in [-0.2, -0.15) is 0 Å². The first-order chi connectivity index (χ1) is 9.92. The quantitative estimate of drug-likeness (QED) is 0.770. The Balaban J connectivity index is 2.12. The molecule has 0 radical (unpaired) electrons. The molecule has 0 bridgehead atoms. The summed E-state index contributed by atoms with van der Waals surface area (Å²) in [6, 6.07) is 4.86. The second-order valence-corrected chi connectivity index (χ2v) is 7.89. The van der Waals surface area contributed by atoms with Crippen molar-refractivity contribution in [1.82, 2.24) is 10.0 Å². The third kappa shape index (κ3) is 4.19. The highest BCUT2D eigenvalue weighted by Gasteiger charge is 2.41. The van der Waals surface area contributed by atoms with E-state index in [-0.39, 0.29) is 10.3 Å². The summed E-state index contributed by atoms with van der Waals surface area (Å²) in [5.41, 5.74) is 0.990. The molecule has 1 fully saturated rings. The molecule has 2 rings (SSSR count). The van der Waals surface area contributed by atoms with Crippen molar-refractivity contribution in [1.29, 1.82) is 0 Å². The highest BCUT2D eigenvalue weighted by Crippen LogP contribution is 2.48. The fourth-order valence-electron chi connectivity index (χ4n) is 2.28. The van der Waals surface area contributed by atoms with Crippen LogP contribution in [0.1, 0.15) is 38.7 Å². The fraction of sp³-hybridized carbons (Fsp3) is 0.600. The third-order valence-corrected chi connectivity index (χ3v) is 6.00. The van der Waals surface area contributed by atoms with Gasteiger partial charge in [-0.15, -0.1) is 0 Å². The van der Waals surface area contributed by atoms with Crippen molar-refractivity contribution < 1.29 is 8.42 Å². The highest BCUT2D eigenvalue weighted by atomic mass is 35.5. The molecule has 0 aromatic heterocycles. The van der Waals surface area contributed by atoms with Crippen molar-refractivity contribution in [2.45, 2.75) is 44.6 Å². The summed E-state index contributed by atoms with van der Waals surface area (Å²) in [6.45, 7) is 6.01. The van der Waals surface area contributed by atoms with Crippen molar-refractivity contribution in [2.75, 3.05) is 13.1 Å². The van der Waals surface area contributed by atoms with Crippen LogP contribution in [0.2, 0.25) is 5.02 Å². The SMILES string of the molecule is CCNCc1cc(S(=O)(=O)NCC2(CC)CC2)ccc1Cl. The standard InChI is InChI=1S/C15H23ClN2O2S/c1-3-15(7-8-15)11-18-21(19,20)13-5-6-14(16)12(9-13)10-17-4-2/h5-6,9,17-18H,3-4,7-8,10-11H2,1-2H3. The molecule has 1 aliphatic rings.